The molecule has 0 aliphatic carbocycles. The Morgan fingerprint density at radius 3 is 2.67 bits per heavy atom. The van der Waals surface area contributed by atoms with E-state index >= 15 is 0 Å². The Balaban J connectivity index is 1.52. The quantitative estimate of drug-likeness (QED) is 0.823. The lowest BCUT2D eigenvalue weighted by Crippen LogP contribution is -2.58. The molecule has 2 saturated heterocycles. The van der Waals surface area contributed by atoms with Gasteiger partial charge < -0.3 is 14.5 Å². The van der Waals surface area contributed by atoms with Crippen LogP contribution in [0.3, 0.4) is 0 Å². The minimum atomic E-state index is -0.820. The fraction of sp³-hybridized carbons (Fsp3) is 0.550. The van der Waals surface area contributed by atoms with Crippen LogP contribution in [-0.4, -0.2) is 52.8 Å². The molecule has 0 unspecified atom stereocenters. The van der Waals surface area contributed by atoms with Gasteiger partial charge in [-0.3, -0.25) is 14.9 Å². The molecule has 4 amide bonds. The van der Waals surface area contributed by atoms with Gasteiger partial charge in [-0.15, -0.1) is 0 Å². The van der Waals surface area contributed by atoms with Crippen molar-refractivity contribution in [3.63, 3.8) is 0 Å². The van der Waals surface area contributed by atoms with E-state index < -0.39 is 5.54 Å². The number of piperidine rings is 1. The first kappa shape index (κ1) is 18.0. The molecule has 3 heterocycles. The van der Waals surface area contributed by atoms with Crippen LogP contribution in [0.4, 0.5) is 4.79 Å². The average molecular weight is 371 g/mol. The predicted octanol–water partition coefficient (Wildman–Crippen LogP) is 1.90. The highest BCUT2D eigenvalue weighted by atomic mass is 16.5. The first-order chi connectivity index (χ1) is 12.9. The number of hydrogen-bond donors (Lipinski definition) is 1. The second kappa shape index (κ2) is 6.64. The second-order valence-electron chi connectivity index (χ2n) is 8.02. The minimum absolute atomic E-state index is 0.0210. The summed E-state index contributed by atoms with van der Waals surface area (Å²) >= 11 is 0. The van der Waals surface area contributed by atoms with E-state index in [2.05, 4.69) is 5.32 Å². The van der Waals surface area contributed by atoms with Gasteiger partial charge >= 0.3 is 6.03 Å². The van der Waals surface area contributed by atoms with Crippen molar-refractivity contribution < 1.29 is 19.1 Å². The summed E-state index contributed by atoms with van der Waals surface area (Å²) in [6.07, 6.45) is 0.934. The van der Waals surface area contributed by atoms with Crippen molar-refractivity contribution in [1.29, 1.82) is 0 Å². The molecule has 27 heavy (non-hydrogen) atoms. The van der Waals surface area contributed by atoms with E-state index in [-0.39, 0.29) is 23.8 Å². The first-order valence-corrected chi connectivity index (χ1v) is 9.53. The number of carbonyl (C=O) groups is 3. The van der Waals surface area contributed by atoms with Gasteiger partial charge in [0.2, 0.25) is 0 Å². The number of ether oxygens (including phenoxy) is 1. The topological polar surface area (TPSA) is 79.0 Å². The summed E-state index contributed by atoms with van der Waals surface area (Å²) in [6, 6.07) is 5.41. The van der Waals surface area contributed by atoms with Crippen LogP contribution in [0.15, 0.2) is 18.2 Å². The standard InChI is InChI=1S/C20H25N3O4/c1-13(2)10-23-19(26)21-18(25)20(23)6-8-22(9-7-20)17(24)15-5-3-4-14-11-27-12-16(14)15/h3-5,13H,6-12H2,1-2H3,(H,21,25,26). The maximum absolute atomic E-state index is 13.1. The van der Waals surface area contributed by atoms with Gasteiger partial charge in [-0.2, -0.15) is 0 Å². The van der Waals surface area contributed by atoms with Crippen LogP contribution < -0.4 is 5.32 Å². The Labute approximate surface area is 158 Å². The van der Waals surface area contributed by atoms with Gasteiger partial charge in [-0.05, 0) is 36.0 Å². The molecule has 0 radical (unpaired) electrons. The molecule has 1 N–H and O–H groups in total. The number of hydrogen-bond acceptors (Lipinski definition) is 4. The Morgan fingerprint density at radius 2 is 1.96 bits per heavy atom. The maximum atomic E-state index is 13.1. The monoisotopic (exact) mass is 371 g/mol. The van der Waals surface area contributed by atoms with Crippen molar-refractivity contribution in [2.75, 3.05) is 19.6 Å². The van der Waals surface area contributed by atoms with Crippen LogP contribution in [0.25, 0.3) is 0 Å². The van der Waals surface area contributed by atoms with E-state index in [9.17, 15) is 14.4 Å². The summed E-state index contributed by atoms with van der Waals surface area (Å²) in [4.78, 5) is 41.3. The van der Waals surface area contributed by atoms with Crippen molar-refractivity contribution in [2.45, 2.75) is 45.4 Å². The van der Waals surface area contributed by atoms with Crippen LogP contribution in [0.1, 0.15) is 48.2 Å². The SMILES string of the molecule is CC(C)CN1C(=O)NC(=O)C12CCN(C(=O)c1cccc3c1COC3)CC2. The van der Waals surface area contributed by atoms with E-state index in [1.54, 1.807) is 9.80 Å². The summed E-state index contributed by atoms with van der Waals surface area (Å²) in [5.74, 6) is 0.0201. The smallest absolute Gasteiger partial charge is 0.325 e. The zero-order chi connectivity index (χ0) is 19.2. The summed E-state index contributed by atoms with van der Waals surface area (Å²) < 4.78 is 5.48. The molecule has 7 heteroatoms. The van der Waals surface area contributed by atoms with Crippen molar-refractivity contribution >= 4 is 17.8 Å². The van der Waals surface area contributed by atoms with Crippen molar-refractivity contribution in [3.8, 4) is 0 Å². The number of urea groups is 1. The Hall–Kier alpha value is -2.41. The van der Waals surface area contributed by atoms with Gasteiger partial charge in [-0.25, -0.2) is 4.79 Å². The summed E-state index contributed by atoms with van der Waals surface area (Å²) in [6.45, 7) is 6.52. The lowest BCUT2D eigenvalue weighted by Gasteiger charge is -2.42. The summed E-state index contributed by atoms with van der Waals surface area (Å²) in [5, 5.41) is 2.47. The fourth-order valence-electron chi connectivity index (χ4n) is 4.37. The lowest BCUT2D eigenvalue weighted by atomic mass is 9.85. The molecule has 3 aliphatic rings. The van der Waals surface area contributed by atoms with E-state index in [4.69, 9.17) is 4.74 Å². The van der Waals surface area contributed by atoms with E-state index in [1.165, 1.54) is 0 Å². The Kier molecular flexibility index (Phi) is 4.42. The maximum Gasteiger partial charge on any atom is 0.325 e. The first-order valence-electron chi connectivity index (χ1n) is 9.53. The molecule has 4 rings (SSSR count). The molecule has 1 spiro atoms. The third kappa shape index (κ3) is 2.90. The number of nitrogens with one attached hydrogen (secondary N) is 1. The molecular weight excluding hydrogens is 346 g/mol. The number of carbonyl (C=O) groups excluding carboxylic acids is 3. The van der Waals surface area contributed by atoms with Crippen molar-refractivity contribution in [1.82, 2.24) is 15.1 Å². The van der Waals surface area contributed by atoms with Crippen LogP contribution in [0.2, 0.25) is 0 Å². The second-order valence-corrected chi connectivity index (χ2v) is 8.02. The molecule has 7 nitrogen and oxygen atoms in total. The number of fused-ring (bicyclic) bond motifs is 1. The van der Waals surface area contributed by atoms with Crippen LogP contribution >= 0.6 is 0 Å². The molecule has 0 saturated carbocycles. The molecule has 144 valence electrons. The third-order valence-corrected chi connectivity index (χ3v) is 5.84. The molecule has 1 aromatic rings. The van der Waals surface area contributed by atoms with Crippen molar-refractivity contribution in [2.24, 2.45) is 5.92 Å². The van der Waals surface area contributed by atoms with Crippen molar-refractivity contribution in [3.05, 3.63) is 34.9 Å². The number of benzene rings is 1. The van der Waals surface area contributed by atoms with Gasteiger partial charge in [-0.1, -0.05) is 26.0 Å². The van der Waals surface area contributed by atoms with E-state index in [0.29, 0.717) is 51.3 Å². The fourth-order valence-corrected chi connectivity index (χ4v) is 4.37. The third-order valence-electron chi connectivity index (χ3n) is 5.84. The van der Waals surface area contributed by atoms with Crippen LogP contribution in [0, 0.1) is 5.92 Å². The average Bonchev–Trinajstić information content (AvgIpc) is 3.21. The number of nitrogens with zero attached hydrogens (tertiary/aromatic N) is 2. The van der Waals surface area contributed by atoms with E-state index in [1.807, 2.05) is 32.0 Å². The van der Waals surface area contributed by atoms with Gasteiger partial charge in [0.15, 0.2) is 0 Å². The molecule has 0 bridgehead atoms. The molecular formula is C20H25N3O4. The Bertz CT molecular complexity index is 796. The van der Waals surface area contributed by atoms with E-state index in [0.717, 1.165) is 11.1 Å². The molecule has 2 fully saturated rings. The molecule has 0 atom stereocenters. The molecule has 0 aromatic heterocycles. The highest BCUT2D eigenvalue weighted by molar-refractivity contribution is 6.07. The number of imide groups is 1. The normalized spacial score (nSPS) is 21.1. The zero-order valence-electron chi connectivity index (χ0n) is 15.8. The Morgan fingerprint density at radius 1 is 1.22 bits per heavy atom. The lowest BCUT2D eigenvalue weighted by molar-refractivity contribution is -0.129. The minimum Gasteiger partial charge on any atom is -0.372 e. The number of likely N-dealkylation sites (tertiary alicyclic amines) is 1. The number of rotatable bonds is 3. The summed E-state index contributed by atoms with van der Waals surface area (Å²) in [5.41, 5.74) is 1.91. The highest BCUT2D eigenvalue weighted by Gasteiger charge is 2.54. The van der Waals surface area contributed by atoms with Gasteiger partial charge in [0.05, 0.1) is 13.2 Å². The zero-order valence-corrected chi connectivity index (χ0v) is 15.8. The van der Waals surface area contributed by atoms with Gasteiger partial charge in [0.1, 0.15) is 5.54 Å². The van der Waals surface area contributed by atoms with Gasteiger partial charge in [0.25, 0.3) is 11.8 Å². The number of amides is 4. The molecule has 1 aromatic carbocycles. The van der Waals surface area contributed by atoms with Gasteiger partial charge in [0, 0.05) is 25.2 Å². The highest BCUT2D eigenvalue weighted by Crippen LogP contribution is 2.35. The summed E-state index contributed by atoms with van der Waals surface area (Å²) in [7, 11) is 0. The predicted molar refractivity (Wildman–Crippen MR) is 97.9 cm³/mol. The van der Waals surface area contributed by atoms with Crippen LogP contribution in [-0.2, 0) is 22.7 Å². The molecule has 3 aliphatic heterocycles. The largest absolute Gasteiger partial charge is 0.372 e. The van der Waals surface area contributed by atoms with Crippen LogP contribution in [0.5, 0.6) is 0 Å².